The highest BCUT2D eigenvalue weighted by molar-refractivity contribution is 6.00. The van der Waals surface area contributed by atoms with Crippen molar-refractivity contribution >= 4 is 11.8 Å². The van der Waals surface area contributed by atoms with Crippen LogP contribution in [0.15, 0.2) is 12.2 Å². The van der Waals surface area contributed by atoms with Gasteiger partial charge in [-0.25, -0.2) is 0 Å². The number of hydrogen-bond acceptors (Lipinski definition) is 3. The van der Waals surface area contributed by atoms with Crippen LogP contribution < -0.4 is 10.6 Å². The predicted molar refractivity (Wildman–Crippen MR) is 67.6 cm³/mol. The van der Waals surface area contributed by atoms with Gasteiger partial charge in [0.25, 0.3) is 0 Å². The van der Waals surface area contributed by atoms with E-state index in [1.165, 1.54) is 12.8 Å². The summed E-state index contributed by atoms with van der Waals surface area (Å²) in [6.45, 7) is 2.17. The Labute approximate surface area is 107 Å². The summed E-state index contributed by atoms with van der Waals surface area (Å²) in [7, 11) is 0. The first-order valence-electron chi connectivity index (χ1n) is 6.91. The fraction of sp³-hybridized carbons (Fsp3) is 0.714. The van der Waals surface area contributed by atoms with Gasteiger partial charge in [0.05, 0.1) is 6.04 Å². The summed E-state index contributed by atoms with van der Waals surface area (Å²) in [5.41, 5.74) is 0. The lowest BCUT2D eigenvalue weighted by molar-refractivity contribution is -0.134. The van der Waals surface area contributed by atoms with Gasteiger partial charge in [0.1, 0.15) is 0 Å². The first-order valence-corrected chi connectivity index (χ1v) is 6.91. The molecule has 5 atom stereocenters. The van der Waals surface area contributed by atoms with Crippen molar-refractivity contribution in [2.24, 2.45) is 17.8 Å². The predicted octanol–water partition coefficient (Wildman–Crippen LogP) is 0.982. The van der Waals surface area contributed by atoms with Gasteiger partial charge >= 0.3 is 0 Å². The van der Waals surface area contributed by atoms with E-state index < -0.39 is 0 Å². The van der Waals surface area contributed by atoms with Crippen LogP contribution >= 0.6 is 0 Å². The third kappa shape index (κ3) is 2.09. The molecule has 1 saturated heterocycles. The van der Waals surface area contributed by atoms with Crippen LogP contribution in [0, 0.1) is 17.8 Å². The van der Waals surface area contributed by atoms with Gasteiger partial charge in [0, 0.05) is 12.5 Å². The molecule has 98 valence electrons. The van der Waals surface area contributed by atoms with E-state index in [-0.39, 0.29) is 17.9 Å². The average Bonchev–Trinajstić information content (AvgIpc) is 2.94. The molecule has 0 aromatic rings. The quantitative estimate of drug-likeness (QED) is 0.578. The van der Waals surface area contributed by atoms with E-state index in [0.29, 0.717) is 30.7 Å². The van der Waals surface area contributed by atoms with E-state index in [1.807, 2.05) is 0 Å². The topological polar surface area (TPSA) is 58.2 Å². The van der Waals surface area contributed by atoms with Crippen LogP contribution in [-0.2, 0) is 9.59 Å². The molecule has 3 rings (SSSR count). The lowest BCUT2D eigenvalue weighted by Gasteiger charge is -2.31. The average molecular weight is 248 g/mol. The maximum Gasteiger partial charge on any atom is 0.243 e. The van der Waals surface area contributed by atoms with E-state index in [2.05, 4.69) is 29.7 Å². The smallest absolute Gasteiger partial charge is 0.243 e. The first-order chi connectivity index (χ1) is 8.63. The highest BCUT2D eigenvalue weighted by Crippen LogP contribution is 2.44. The molecule has 3 aliphatic rings. The van der Waals surface area contributed by atoms with Crippen LogP contribution in [0.4, 0.5) is 0 Å². The molecule has 2 N–H and O–H groups in total. The maximum atomic E-state index is 11.7. The normalized spacial score (nSPS) is 40.1. The van der Waals surface area contributed by atoms with Gasteiger partial charge in [-0.2, -0.15) is 0 Å². The van der Waals surface area contributed by atoms with Crippen molar-refractivity contribution in [3.63, 3.8) is 0 Å². The summed E-state index contributed by atoms with van der Waals surface area (Å²) in [4.78, 5) is 22.8. The third-order valence-electron chi connectivity index (χ3n) is 4.68. The number of allylic oxidation sites excluding steroid dienone is 2. The molecule has 5 unspecified atom stereocenters. The molecular weight excluding hydrogens is 228 g/mol. The summed E-state index contributed by atoms with van der Waals surface area (Å²) >= 11 is 0. The zero-order valence-electron chi connectivity index (χ0n) is 10.7. The van der Waals surface area contributed by atoms with Crippen LogP contribution in [0.3, 0.4) is 0 Å². The van der Waals surface area contributed by atoms with Crippen molar-refractivity contribution in [3.05, 3.63) is 12.2 Å². The molecule has 18 heavy (non-hydrogen) atoms. The number of piperidine rings is 1. The van der Waals surface area contributed by atoms with Crippen molar-refractivity contribution in [1.82, 2.24) is 10.6 Å². The number of imide groups is 1. The minimum Gasteiger partial charge on any atom is -0.303 e. The van der Waals surface area contributed by atoms with Gasteiger partial charge in [-0.05, 0) is 43.9 Å². The van der Waals surface area contributed by atoms with Crippen molar-refractivity contribution < 1.29 is 9.59 Å². The van der Waals surface area contributed by atoms with Crippen molar-refractivity contribution in [3.8, 4) is 0 Å². The highest BCUT2D eigenvalue weighted by Gasteiger charge is 2.39. The molecule has 1 saturated carbocycles. The molecular formula is C14H20N2O2. The molecule has 2 aliphatic carbocycles. The summed E-state index contributed by atoms with van der Waals surface area (Å²) < 4.78 is 0. The second kappa shape index (κ2) is 4.50. The summed E-state index contributed by atoms with van der Waals surface area (Å²) in [6, 6.07) is 0.148. The molecule has 0 aromatic heterocycles. The van der Waals surface area contributed by atoms with Crippen LogP contribution in [0.5, 0.6) is 0 Å². The monoisotopic (exact) mass is 248 g/mol. The molecule has 0 spiro atoms. The SMILES string of the molecule is CC(NC1CCC(=O)NC1=O)C1CC2C=CC1C2. The van der Waals surface area contributed by atoms with Gasteiger partial charge in [0.2, 0.25) is 11.8 Å². The van der Waals surface area contributed by atoms with Gasteiger partial charge in [-0.15, -0.1) is 0 Å². The molecule has 2 fully saturated rings. The van der Waals surface area contributed by atoms with E-state index in [0.717, 1.165) is 5.92 Å². The zero-order valence-corrected chi connectivity index (χ0v) is 10.7. The fourth-order valence-corrected chi connectivity index (χ4v) is 3.69. The van der Waals surface area contributed by atoms with Crippen molar-refractivity contribution in [2.45, 2.75) is 44.7 Å². The van der Waals surface area contributed by atoms with E-state index in [9.17, 15) is 9.59 Å². The molecule has 2 bridgehead atoms. The highest BCUT2D eigenvalue weighted by atomic mass is 16.2. The Morgan fingerprint density at radius 1 is 1.33 bits per heavy atom. The number of amides is 2. The van der Waals surface area contributed by atoms with E-state index in [1.54, 1.807) is 0 Å². The molecule has 1 aliphatic heterocycles. The molecule has 4 heteroatoms. The van der Waals surface area contributed by atoms with Crippen molar-refractivity contribution in [1.29, 1.82) is 0 Å². The zero-order chi connectivity index (χ0) is 12.7. The fourth-order valence-electron chi connectivity index (χ4n) is 3.69. The second-order valence-electron chi connectivity index (χ2n) is 5.90. The summed E-state index contributed by atoms with van der Waals surface area (Å²) in [5.74, 6) is 1.78. The van der Waals surface area contributed by atoms with E-state index in [4.69, 9.17) is 0 Å². The first kappa shape index (κ1) is 11.9. The Bertz CT molecular complexity index is 405. The molecule has 2 amide bonds. The van der Waals surface area contributed by atoms with Gasteiger partial charge in [-0.1, -0.05) is 12.2 Å². The Morgan fingerprint density at radius 2 is 2.17 bits per heavy atom. The summed E-state index contributed by atoms with van der Waals surface area (Å²) in [5, 5.41) is 5.82. The van der Waals surface area contributed by atoms with Crippen LogP contribution in [0.25, 0.3) is 0 Å². The Hall–Kier alpha value is -1.16. The summed E-state index contributed by atoms with van der Waals surface area (Å²) in [6.07, 6.45) is 8.27. The van der Waals surface area contributed by atoms with Crippen molar-refractivity contribution in [2.75, 3.05) is 0 Å². The lowest BCUT2D eigenvalue weighted by Crippen LogP contribution is -2.54. The number of hydrogen-bond donors (Lipinski definition) is 2. The van der Waals surface area contributed by atoms with Gasteiger partial charge in [0.15, 0.2) is 0 Å². The standard InChI is InChI=1S/C14H20N2O2/c1-8(11-7-9-2-3-10(11)6-9)15-12-4-5-13(17)16-14(12)18/h2-3,8-12,15H,4-7H2,1H3,(H,16,17,18). The molecule has 1 heterocycles. The lowest BCUT2D eigenvalue weighted by atomic mass is 9.87. The Kier molecular flexibility index (Phi) is 2.98. The number of carbonyl (C=O) groups is 2. The largest absolute Gasteiger partial charge is 0.303 e. The Morgan fingerprint density at radius 3 is 2.78 bits per heavy atom. The van der Waals surface area contributed by atoms with E-state index >= 15 is 0 Å². The minimum absolute atomic E-state index is 0.145. The van der Waals surface area contributed by atoms with Gasteiger partial charge in [-0.3, -0.25) is 14.9 Å². The van der Waals surface area contributed by atoms with Crippen LogP contribution in [0.2, 0.25) is 0 Å². The van der Waals surface area contributed by atoms with Crippen LogP contribution in [0.1, 0.15) is 32.6 Å². The number of carbonyl (C=O) groups excluding carboxylic acids is 2. The third-order valence-corrected chi connectivity index (χ3v) is 4.68. The van der Waals surface area contributed by atoms with Gasteiger partial charge < -0.3 is 5.32 Å². The number of fused-ring (bicyclic) bond motifs is 2. The number of nitrogens with one attached hydrogen (secondary N) is 2. The minimum atomic E-state index is -0.194. The number of rotatable bonds is 3. The molecule has 0 radical (unpaired) electrons. The molecule has 4 nitrogen and oxygen atoms in total. The second-order valence-corrected chi connectivity index (χ2v) is 5.90. The maximum absolute atomic E-state index is 11.7. The Balaban J connectivity index is 1.58. The van der Waals surface area contributed by atoms with Crippen LogP contribution in [-0.4, -0.2) is 23.9 Å². The molecule has 0 aromatic carbocycles.